The highest BCUT2D eigenvalue weighted by atomic mass is 32.2. The van der Waals surface area contributed by atoms with Gasteiger partial charge in [-0.05, 0) is 25.5 Å². The molecule has 116 valence electrons. The Hall–Kier alpha value is -1.69. The summed E-state index contributed by atoms with van der Waals surface area (Å²) in [7, 11) is -1.69. The average molecular weight is 311 g/mol. The largest absolute Gasteiger partial charge is 0.478 e. The van der Waals surface area contributed by atoms with E-state index in [-0.39, 0.29) is 16.4 Å². The molecule has 0 spiro atoms. The summed E-state index contributed by atoms with van der Waals surface area (Å²) in [6, 6.07) is 6.06. The average Bonchev–Trinajstić information content (AvgIpc) is 2.49. The number of rotatable bonds is 8. The minimum atomic E-state index is -1.69. The van der Waals surface area contributed by atoms with Crippen molar-refractivity contribution in [1.29, 1.82) is 0 Å². The second-order valence-electron chi connectivity index (χ2n) is 4.74. The molecule has 2 unspecified atom stereocenters. The maximum absolute atomic E-state index is 12.4. The van der Waals surface area contributed by atoms with Crippen molar-refractivity contribution in [3.8, 4) is 0 Å². The number of amides is 1. The van der Waals surface area contributed by atoms with E-state index in [0.717, 1.165) is 19.3 Å². The number of hydrogen-bond donors (Lipinski definition) is 2. The fraction of sp³-hybridized carbons (Fsp3) is 0.467. The van der Waals surface area contributed by atoms with Crippen molar-refractivity contribution in [3.05, 3.63) is 29.8 Å². The number of benzene rings is 1. The van der Waals surface area contributed by atoms with Crippen LogP contribution >= 0.6 is 0 Å². The van der Waals surface area contributed by atoms with Gasteiger partial charge in [0.2, 0.25) is 5.91 Å². The molecular weight excluding hydrogens is 290 g/mol. The van der Waals surface area contributed by atoms with Gasteiger partial charge in [-0.15, -0.1) is 0 Å². The summed E-state index contributed by atoms with van der Waals surface area (Å²) in [5, 5.41) is 11.1. The standard InChI is InChI=1S/C15H21NO4S/c1-3-4-7-10-16-14(17)11(2)21(20)13-9-6-5-8-12(13)15(18)19/h5-6,8-9,11H,3-4,7,10H2,1-2H3,(H,16,17)(H,18,19). The Morgan fingerprint density at radius 2 is 1.95 bits per heavy atom. The highest BCUT2D eigenvalue weighted by Crippen LogP contribution is 2.17. The highest BCUT2D eigenvalue weighted by Gasteiger charge is 2.24. The second-order valence-corrected chi connectivity index (χ2v) is 6.48. The summed E-state index contributed by atoms with van der Waals surface area (Å²) >= 11 is 0. The van der Waals surface area contributed by atoms with Crippen LogP contribution in [0.1, 0.15) is 43.5 Å². The van der Waals surface area contributed by atoms with E-state index in [2.05, 4.69) is 12.2 Å². The van der Waals surface area contributed by atoms with Crippen LogP contribution in [0.3, 0.4) is 0 Å². The van der Waals surface area contributed by atoms with Crippen molar-refractivity contribution in [2.75, 3.05) is 6.54 Å². The van der Waals surface area contributed by atoms with Gasteiger partial charge >= 0.3 is 5.97 Å². The van der Waals surface area contributed by atoms with Gasteiger partial charge < -0.3 is 10.4 Å². The molecule has 1 aromatic rings. The Labute approximate surface area is 127 Å². The molecule has 1 amide bonds. The van der Waals surface area contributed by atoms with Crippen molar-refractivity contribution >= 4 is 22.7 Å². The van der Waals surface area contributed by atoms with Crippen molar-refractivity contribution in [3.63, 3.8) is 0 Å². The first-order chi connectivity index (χ1) is 9.99. The van der Waals surface area contributed by atoms with Crippen LogP contribution in [0.25, 0.3) is 0 Å². The third-order valence-corrected chi connectivity index (χ3v) is 4.75. The molecule has 1 rings (SSSR count). The summed E-state index contributed by atoms with van der Waals surface area (Å²) in [6.45, 7) is 4.17. The summed E-state index contributed by atoms with van der Waals surface area (Å²) in [5.41, 5.74) is -0.0264. The molecule has 6 heteroatoms. The molecule has 5 nitrogen and oxygen atoms in total. The van der Waals surface area contributed by atoms with Gasteiger partial charge in [0.1, 0.15) is 5.25 Å². The Kier molecular flexibility index (Phi) is 7.08. The first-order valence-corrected chi connectivity index (χ1v) is 8.21. The molecule has 0 aromatic heterocycles. The topological polar surface area (TPSA) is 83.5 Å². The third kappa shape index (κ3) is 4.97. The van der Waals surface area contributed by atoms with Gasteiger partial charge in [0.05, 0.1) is 21.3 Å². The minimum absolute atomic E-state index is 0.0264. The monoisotopic (exact) mass is 311 g/mol. The van der Waals surface area contributed by atoms with Crippen LogP contribution in [0, 0.1) is 0 Å². The number of aromatic carboxylic acids is 1. The number of carboxylic acids is 1. The SMILES string of the molecule is CCCCCNC(=O)C(C)S(=O)c1ccccc1C(=O)O. The summed E-state index contributed by atoms with van der Waals surface area (Å²) in [5.74, 6) is -1.46. The molecule has 0 fully saturated rings. The highest BCUT2D eigenvalue weighted by molar-refractivity contribution is 7.86. The Bertz CT molecular complexity index is 530. The van der Waals surface area contributed by atoms with Crippen LogP contribution in [0.15, 0.2) is 29.2 Å². The van der Waals surface area contributed by atoms with Gasteiger partial charge in [-0.2, -0.15) is 0 Å². The van der Waals surface area contributed by atoms with E-state index in [1.165, 1.54) is 12.1 Å². The molecule has 0 bridgehead atoms. The zero-order chi connectivity index (χ0) is 15.8. The van der Waals surface area contributed by atoms with E-state index in [1.54, 1.807) is 19.1 Å². The van der Waals surface area contributed by atoms with Crippen LogP contribution < -0.4 is 5.32 Å². The predicted octanol–water partition coefficient (Wildman–Crippen LogP) is 2.19. The summed E-state index contributed by atoms with van der Waals surface area (Å²) < 4.78 is 12.4. The lowest BCUT2D eigenvalue weighted by molar-refractivity contribution is -0.120. The molecule has 0 heterocycles. The molecule has 0 aliphatic rings. The van der Waals surface area contributed by atoms with Crippen LogP contribution in [-0.2, 0) is 15.6 Å². The van der Waals surface area contributed by atoms with E-state index in [0.29, 0.717) is 6.54 Å². The van der Waals surface area contributed by atoms with E-state index < -0.39 is 22.0 Å². The lowest BCUT2D eigenvalue weighted by Crippen LogP contribution is -2.36. The Morgan fingerprint density at radius 3 is 2.57 bits per heavy atom. The molecule has 1 aromatic carbocycles. The number of unbranched alkanes of at least 4 members (excludes halogenated alkanes) is 2. The molecule has 0 saturated carbocycles. The van der Waals surface area contributed by atoms with Crippen LogP contribution in [-0.4, -0.2) is 33.0 Å². The molecule has 2 atom stereocenters. The quantitative estimate of drug-likeness (QED) is 0.721. The van der Waals surface area contributed by atoms with Gasteiger partial charge in [-0.25, -0.2) is 4.79 Å². The van der Waals surface area contributed by atoms with E-state index in [1.807, 2.05) is 0 Å². The number of carbonyl (C=O) groups is 2. The summed E-state index contributed by atoms with van der Waals surface area (Å²) in [6.07, 6.45) is 2.97. The molecule has 2 N–H and O–H groups in total. The zero-order valence-electron chi connectivity index (χ0n) is 12.3. The van der Waals surface area contributed by atoms with Gasteiger partial charge in [-0.3, -0.25) is 9.00 Å². The minimum Gasteiger partial charge on any atom is -0.478 e. The van der Waals surface area contributed by atoms with Gasteiger partial charge in [0, 0.05) is 6.54 Å². The normalized spacial score (nSPS) is 13.4. The van der Waals surface area contributed by atoms with Crippen LogP contribution in [0.4, 0.5) is 0 Å². The zero-order valence-corrected chi connectivity index (χ0v) is 13.1. The van der Waals surface area contributed by atoms with E-state index >= 15 is 0 Å². The first kappa shape index (κ1) is 17.4. The fourth-order valence-electron chi connectivity index (χ4n) is 1.84. The van der Waals surface area contributed by atoms with Gasteiger partial charge in [-0.1, -0.05) is 31.9 Å². The van der Waals surface area contributed by atoms with Gasteiger partial charge in [0.25, 0.3) is 0 Å². The Balaban J connectivity index is 2.74. The molecule has 21 heavy (non-hydrogen) atoms. The van der Waals surface area contributed by atoms with Gasteiger partial charge in [0.15, 0.2) is 0 Å². The number of nitrogens with one attached hydrogen (secondary N) is 1. The Morgan fingerprint density at radius 1 is 1.29 bits per heavy atom. The maximum atomic E-state index is 12.4. The predicted molar refractivity (Wildman–Crippen MR) is 81.8 cm³/mol. The smallest absolute Gasteiger partial charge is 0.336 e. The second kappa shape index (κ2) is 8.56. The third-order valence-electron chi connectivity index (χ3n) is 3.10. The van der Waals surface area contributed by atoms with Crippen LogP contribution in [0.5, 0.6) is 0 Å². The fourth-order valence-corrected chi connectivity index (χ4v) is 3.08. The molecule has 0 radical (unpaired) electrons. The molecule has 0 saturated heterocycles. The molecule has 0 aliphatic carbocycles. The first-order valence-electron chi connectivity index (χ1n) is 6.99. The number of carboxylic acid groups (broad SMARTS) is 1. The van der Waals surface area contributed by atoms with Crippen molar-refractivity contribution in [2.24, 2.45) is 0 Å². The number of carbonyl (C=O) groups excluding carboxylic acids is 1. The van der Waals surface area contributed by atoms with Crippen LogP contribution in [0.2, 0.25) is 0 Å². The number of hydrogen-bond acceptors (Lipinski definition) is 3. The lowest BCUT2D eigenvalue weighted by Gasteiger charge is -2.13. The van der Waals surface area contributed by atoms with E-state index in [9.17, 15) is 13.8 Å². The van der Waals surface area contributed by atoms with Crippen molar-refractivity contribution < 1.29 is 18.9 Å². The summed E-state index contributed by atoms with van der Waals surface area (Å²) in [4.78, 5) is 23.3. The van der Waals surface area contributed by atoms with Crippen molar-refractivity contribution in [2.45, 2.75) is 43.3 Å². The molecule has 0 aliphatic heterocycles. The van der Waals surface area contributed by atoms with Crippen molar-refractivity contribution in [1.82, 2.24) is 5.32 Å². The maximum Gasteiger partial charge on any atom is 0.336 e. The molecular formula is C15H21NO4S. The van der Waals surface area contributed by atoms with E-state index in [4.69, 9.17) is 5.11 Å². The lowest BCUT2D eigenvalue weighted by atomic mass is 10.2.